The minimum absolute atomic E-state index is 0.292. The molecule has 2 aliphatic rings. The minimum Gasteiger partial charge on any atom is -0.481 e. The van der Waals surface area contributed by atoms with E-state index < -0.39 is 5.97 Å². The van der Waals surface area contributed by atoms with Gasteiger partial charge in [0.2, 0.25) is 0 Å². The summed E-state index contributed by atoms with van der Waals surface area (Å²) >= 11 is 0. The topological polar surface area (TPSA) is 43.8 Å². The van der Waals surface area contributed by atoms with E-state index in [9.17, 15) is 4.79 Å². The van der Waals surface area contributed by atoms with Crippen LogP contribution in [0.2, 0.25) is 0 Å². The number of rotatable bonds is 4. The zero-order valence-corrected chi connectivity index (χ0v) is 12.3. The van der Waals surface area contributed by atoms with E-state index in [1.54, 1.807) is 0 Å². The third-order valence-corrected chi connectivity index (χ3v) is 5.08. The van der Waals surface area contributed by atoms with Crippen LogP contribution in [-0.2, 0) is 4.79 Å². The quantitative estimate of drug-likeness (QED) is 0.849. The van der Waals surface area contributed by atoms with Gasteiger partial charge in [0.05, 0.1) is 0 Å². The van der Waals surface area contributed by atoms with Crippen molar-refractivity contribution >= 4 is 5.97 Å². The highest BCUT2D eigenvalue weighted by atomic mass is 16.4. The molecule has 1 N–H and O–H groups in total. The maximum absolute atomic E-state index is 10.8. The lowest BCUT2D eigenvalue weighted by molar-refractivity contribution is -0.137. The van der Waals surface area contributed by atoms with Gasteiger partial charge >= 0.3 is 5.97 Å². The molecule has 2 atom stereocenters. The summed E-state index contributed by atoms with van der Waals surface area (Å²) in [5, 5.41) is 8.91. The van der Waals surface area contributed by atoms with Crippen LogP contribution >= 0.6 is 0 Å². The monoisotopic (exact) mass is 268 g/mol. The molecule has 0 bridgehead atoms. The molecule has 2 rings (SSSR count). The summed E-state index contributed by atoms with van der Waals surface area (Å²) < 4.78 is 0. The highest BCUT2D eigenvalue weighted by Gasteiger charge is 2.31. The van der Waals surface area contributed by atoms with Crippen LogP contribution in [0.15, 0.2) is 0 Å². The molecule has 1 aliphatic carbocycles. The Hall–Kier alpha value is -0.610. The number of nitrogens with zero attached hydrogens (tertiary/aromatic N) is 2. The van der Waals surface area contributed by atoms with Crippen molar-refractivity contribution in [1.82, 2.24) is 9.80 Å². The average Bonchev–Trinajstić information content (AvgIpc) is 2.86. The second-order valence-electron chi connectivity index (χ2n) is 6.32. The molecule has 4 heteroatoms. The maximum Gasteiger partial charge on any atom is 0.303 e. The number of hydrogen-bond donors (Lipinski definition) is 1. The lowest BCUT2D eigenvalue weighted by atomic mass is 10.1. The van der Waals surface area contributed by atoms with Crippen LogP contribution in [0.4, 0.5) is 0 Å². The van der Waals surface area contributed by atoms with Gasteiger partial charge in [-0.15, -0.1) is 0 Å². The van der Waals surface area contributed by atoms with Crippen LogP contribution in [0.1, 0.15) is 51.9 Å². The summed E-state index contributed by atoms with van der Waals surface area (Å²) in [6.07, 6.45) is 7.68. The smallest absolute Gasteiger partial charge is 0.303 e. The average molecular weight is 268 g/mol. The molecule has 0 amide bonds. The Labute approximate surface area is 116 Å². The molecule has 0 aromatic heterocycles. The molecule has 2 fully saturated rings. The van der Waals surface area contributed by atoms with E-state index >= 15 is 0 Å². The van der Waals surface area contributed by atoms with Gasteiger partial charge in [-0.05, 0) is 46.2 Å². The third-order valence-electron chi connectivity index (χ3n) is 5.08. The van der Waals surface area contributed by atoms with Crippen molar-refractivity contribution < 1.29 is 9.90 Å². The van der Waals surface area contributed by atoms with Gasteiger partial charge in [0.1, 0.15) is 0 Å². The van der Waals surface area contributed by atoms with Crippen molar-refractivity contribution in [3.05, 3.63) is 0 Å². The molecule has 4 nitrogen and oxygen atoms in total. The first-order valence-electron chi connectivity index (χ1n) is 7.75. The lowest BCUT2D eigenvalue weighted by Gasteiger charge is -2.33. The standard InChI is InChI=1S/C15H28N2O2/c1-12-9-10-17(13-5-3-4-6-13)11-14(16(12)2)7-8-15(18)19/h12-14H,3-11H2,1-2H3,(H,18,19). The van der Waals surface area contributed by atoms with Crippen molar-refractivity contribution in [2.24, 2.45) is 0 Å². The molecule has 1 heterocycles. The van der Waals surface area contributed by atoms with Gasteiger partial charge in [-0.3, -0.25) is 14.6 Å². The van der Waals surface area contributed by atoms with Crippen LogP contribution in [-0.4, -0.2) is 59.1 Å². The molecule has 1 saturated carbocycles. The SMILES string of the molecule is CC1CCN(C2CCCC2)CC(CCC(=O)O)N1C. The Kier molecular flexibility index (Phi) is 5.22. The molecule has 110 valence electrons. The molecule has 0 spiro atoms. The molecule has 2 unspecified atom stereocenters. The van der Waals surface area contributed by atoms with Gasteiger partial charge in [-0.1, -0.05) is 12.8 Å². The van der Waals surface area contributed by atoms with Crippen LogP contribution < -0.4 is 0 Å². The van der Waals surface area contributed by atoms with Gasteiger partial charge in [0, 0.05) is 31.1 Å². The molecule has 0 aromatic carbocycles. The van der Waals surface area contributed by atoms with E-state index in [2.05, 4.69) is 23.8 Å². The summed E-state index contributed by atoms with van der Waals surface area (Å²) in [4.78, 5) is 15.9. The van der Waals surface area contributed by atoms with Crippen molar-refractivity contribution in [2.75, 3.05) is 20.1 Å². The van der Waals surface area contributed by atoms with Gasteiger partial charge in [-0.2, -0.15) is 0 Å². The van der Waals surface area contributed by atoms with Gasteiger partial charge in [0.15, 0.2) is 0 Å². The Balaban J connectivity index is 1.98. The number of carbonyl (C=O) groups is 1. The number of hydrogen-bond acceptors (Lipinski definition) is 3. The highest BCUT2D eigenvalue weighted by molar-refractivity contribution is 5.66. The Bertz CT molecular complexity index is 303. The number of likely N-dealkylation sites (N-methyl/N-ethyl adjacent to an activating group) is 1. The zero-order valence-electron chi connectivity index (χ0n) is 12.3. The molecule has 0 radical (unpaired) electrons. The van der Waals surface area contributed by atoms with Crippen molar-refractivity contribution in [1.29, 1.82) is 0 Å². The Morgan fingerprint density at radius 1 is 1.26 bits per heavy atom. The highest BCUT2D eigenvalue weighted by Crippen LogP contribution is 2.27. The lowest BCUT2D eigenvalue weighted by Crippen LogP contribution is -2.44. The van der Waals surface area contributed by atoms with Gasteiger partial charge in [0.25, 0.3) is 0 Å². The van der Waals surface area contributed by atoms with Crippen molar-refractivity contribution in [2.45, 2.75) is 70.0 Å². The van der Waals surface area contributed by atoms with Gasteiger partial charge in [-0.25, -0.2) is 0 Å². The predicted octanol–water partition coefficient (Wildman–Crippen LogP) is 2.19. The molecular formula is C15H28N2O2. The molecule has 0 aromatic rings. The normalized spacial score (nSPS) is 31.5. The van der Waals surface area contributed by atoms with E-state index in [1.807, 2.05) is 0 Å². The van der Waals surface area contributed by atoms with E-state index in [4.69, 9.17) is 5.11 Å². The van der Waals surface area contributed by atoms with Crippen LogP contribution in [0.3, 0.4) is 0 Å². The zero-order chi connectivity index (χ0) is 13.8. The summed E-state index contributed by atoms with van der Waals surface area (Å²) in [7, 11) is 2.16. The Morgan fingerprint density at radius 3 is 2.58 bits per heavy atom. The number of carboxylic acid groups (broad SMARTS) is 1. The third kappa shape index (κ3) is 3.93. The summed E-state index contributed by atoms with van der Waals surface area (Å²) in [6, 6.07) is 1.71. The first-order valence-corrected chi connectivity index (χ1v) is 7.75. The van der Waals surface area contributed by atoms with E-state index in [-0.39, 0.29) is 0 Å². The Morgan fingerprint density at radius 2 is 1.95 bits per heavy atom. The summed E-state index contributed by atoms with van der Waals surface area (Å²) in [5.41, 5.74) is 0. The second-order valence-corrected chi connectivity index (χ2v) is 6.32. The van der Waals surface area contributed by atoms with Crippen LogP contribution in [0.25, 0.3) is 0 Å². The number of carboxylic acids is 1. The molecular weight excluding hydrogens is 240 g/mol. The predicted molar refractivity (Wildman–Crippen MR) is 76.3 cm³/mol. The molecule has 1 aliphatic heterocycles. The maximum atomic E-state index is 10.8. The number of aliphatic carboxylic acids is 1. The fraction of sp³-hybridized carbons (Fsp3) is 0.933. The van der Waals surface area contributed by atoms with E-state index in [0.29, 0.717) is 18.5 Å². The first-order chi connectivity index (χ1) is 9.08. The van der Waals surface area contributed by atoms with Crippen molar-refractivity contribution in [3.63, 3.8) is 0 Å². The molecule has 1 saturated heterocycles. The van der Waals surface area contributed by atoms with E-state index in [1.165, 1.54) is 38.6 Å². The van der Waals surface area contributed by atoms with Gasteiger partial charge < -0.3 is 5.11 Å². The first kappa shape index (κ1) is 14.8. The fourth-order valence-electron chi connectivity index (χ4n) is 3.59. The second kappa shape index (κ2) is 6.71. The largest absolute Gasteiger partial charge is 0.481 e. The summed E-state index contributed by atoms with van der Waals surface area (Å²) in [6.45, 7) is 4.50. The minimum atomic E-state index is -0.669. The molecule has 19 heavy (non-hydrogen) atoms. The van der Waals surface area contributed by atoms with Crippen LogP contribution in [0.5, 0.6) is 0 Å². The van der Waals surface area contributed by atoms with Crippen LogP contribution in [0, 0.1) is 0 Å². The van der Waals surface area contributed by atoms with Crippen molar-refractivity contribution in [3.8, 4) is 0 Å². The van der Waals surface area contributed by atoms with E-state index in [0.717, 1.165) is 19.0 Å². The fourth-order valence-corrected chi connectivity index (χ4v) is 3.59. The summed E-state index contributed by atoms with van der Waals surface area (Å²) in [5.74, 6) is -0.669.